The van der Waals surface area contributed by atoms with Crippen molar-refractivity contribution in [3.05, 3.63) is 71.8 Å². The third-order valence-corrected chi connectivity index (χ3v) is 5.94. The van der Waals surface area contributed by atoms with E-state index in [1.54, 1.807) is 103 Å². The van der Waals surface area contributed by atoms with Crippen molar-refractivity contribution >= 4 is 35.6 Å². The largest absolute Gasteiger partial charge is 0.481 e. The Morgan fingerprint density at radius 2 is 1.15 bits per heavy atom. The van der Waals surface area contributed by atoms with E-state index in [9.17, 15) is 29.1 Å². The second kappa shape index (κ2) is 20.4. The molecule has 12 nitrogen and oxygen atoms in total. The van der Waals surface area contributed by atoms with Crippen molar-refractivity contribution in [2.75, 3.05) is 6.61 Å². The van der Waals surface area contributed by atoms with Gasteiger partial charge in [0.25, 0.3) is 5.84 Å². The first-order chi connectivity index (χ1) is 21.5. The first-order valence-corrected chi connectivity index (χ1v) is 14.9. The van der Waals surface area contributed by atoms with E-state index >= 15 is 0 Å². The zero-order chi connectivity index (χ0) is 34.9. The molecule has 2 rings (SSSR count). The molecule has 0 heterocycles. The zero-order valence-electron chi connectivity index (χ0n) is 27.6. The minimum absolute atomic E-state index is 0. The van der Waals surface area contributed by atoms with Crippen molar-refractivity contribution < 1.29 is 48.5 Å². The summed E-state index contributed by atoms with van der Waals surface area (Å²) in [6.45, 7) is 12.3. The minimum atomic E-state index is -0.952. The summed E-state index contributed by atoms with van der Waals surface area (Å²) in [5, 5.41) is 23.2. The van der Waals surface area contributed by atoms with Crippen LogP contribution in [-0.4, -0.2) is 63.7 Å². The maximum Gasteiger partial charge on any atom is 0.377 e. The van der Waals surface area contributed by atoms with Gasteiger partial charge in [-0.25, -0.2) is 4.79 Å². The quantitative estimate of drug-likeness (QED) is 0.0650. The van der Waals surface area contributed by atoms with Crippen molar-refractivity contribution in [2.45, 2.75) is 105 Å². The highest BCUT2D eigenvalue weighted by atomic mass is 16.6. The van der Waals surface area contributed by atoms with Crippen LogP contribution in [-0.2, 0) is 38.2 Å². The Bertz CT molecular complexity index is 1310. The third kappa shape index (κ3) is 17.5. The molecule has 2 atom stereocenters. The number of rotatable bonds is 11. The Labute approximate surface area is 277 Å². The Balaban J connectivity index is 0.000000933. The van der Waals surface area contributed by atoms with E-state index in [0.29, 0.717) is 11.1 Å². The van der Waals surface area contributed by atoms with Gasteiger partial charge in [0, 0.05) is 12.8 Å². The van der Waals surface area contributed by atoms with Crippen molar-refractivity contribution in [2.24, 2.45) is 5.16 Å². The highest BCUT2D eigenvalue weighted by molar-refractivity contribution is 6.38. The molecule has 0 bridgehead atoms. The van der Waals surface area contributed by atoms with Crippen LogP contribution in [0.2, 0.25) is 0 Å². The van der Waals surface area contributed by atoms with Crippen LogP contribution in [0.3, 0.4) is 0 Å². The Morgan fingerprint density at radius 1 is 0.745 bits per heavy atom. The number of amides is 1. The number of esters is 3. The standard InChI is InChI=1S/C19H26N2O6.C15H20O4.CH4/c1-5-26-18(24)16(21-25)20-17(23)14(13-9-7-6-8-10-13)11-12-15(22)27-19(2,3)4;1-15(2,3)19-13(16)10-9-12(14(17)18)11-7-5-4-6-8-11;/h6-10,14,25H,5,11-12H2,1-4H3,(H,20,21,23);4-8,12H,9-10H2,1-3H3,(H,17,18);1H4. The van der Waals surface area contributed by atoms with Gasteiger partial charge in [-0.1, -0.05) is 73.2 Å². The van der Waals surface area contributed by atoms with E-state index in [1.807, 2.05) is 6.07 Å². The molecule has 3 N–H and O–H groups in total. The summed E-state index contributed by atoms with van der Waals surface area (Å²) in [7, 11) is 0. The van der Waals surface area contributed by atoms with E-state index in [-0.39, 0.29) is 45.7 Å². The van der Waals surface area contributed by atoms with Gasteiger partial charge in [0.1, 0.15) is 11.2 Å². The summed E-state index contributed by atoms with van der Waals surface area (Å²) in [5.74, 6) is -5.29. The van der Waals surface area contributed by atoms with E-state index in [0.717, 1.165) is 0 Å². The molecule has 0 aliphatic rings. The monoisotopic (exact) mass is 658 g/mol. The fourth-order valence-corrected chi connectivity index (χ4v) is 4.08. The van der Waals surface area contributed by atoms with Crippen LogP contribution >= 0.6 is 0 Å². The Morgan fingerprint density at radius 3 is 1.51 bits per heavy atom. The lowest BCUT2D eigenvalue weighted by atomic mass is 9.93. The van der Waals surface area contributed by atoms with Gasteiger partial charge in [0.2, 0.25) is 5.91 Å². The summed E-state index contributed by atoms with van der Waals surface area (Å²) in [6.07, 6.45) is 0.513. The van der Waals surface area contributed by atoms with Crippen molar-refractivity contribution in [1.29, 1.82) is 0 Å². The van der Waals surface area contributed by atoms with Gasteiger partial charge in [-0.3, -0.25) is 19.2 Å². The number of hydrogen-bond donors (Lipinski definition) is 3. The van der Waals surface area contributed by atoms with E-state index in [4.69, 9.17) is 19.4 Å². The molecule has 260 valence electrons. The van der Waals surface area contributed by atoms with Crippen LogP contribution in [0.4, 0.5) is 0 Å². The van der Waals surface area contributed by atoms with Crippen molar-refractivity contribution in [3.8, 4) is 0 Å². The van der Waals surface area contributed by atoms with Crippen molar-refractivity contribution in [3.63, 3.8) is 0 Å². The summed E-state index contributed by atoms with van der Waals surface area (Å²) in [5.41, 5.74) is 0.198. The van der Waals surface area contributed by atoms with Crippen LogP contribution < -0.4 is 5.32 Å². The molecule has 0 saturated carbocycles. The van der Waals surface area contributed by atoms with E-state index in [2.05, 4.69) is 10.5 Å². The molecule has 0 saturated heterocycles. The summed E-state index contributed by atoms with van der Waals surface area (Å²) < 4.78 is 15.2. The van der Waals surface area contributed by atoms with Gasteiger partial charge in [-0.15, -0.1) is 0 Å². The van der Waals surface area contributed by atoms with Crippen LogP contribution in [0.1, 0.15) is 105 Å². The Kier molecular flexibility index (Phi) is 18.3. The third-order valence-electron chi connectivity index (χ3n) is 5.94. The zero-order valence-corrected chi connectivity index (χ0v) is 27.6. The highest BCUT2D eigenvalue weighted by Gasteiger charge is 2.27. The number of ether oxygens (including phenoxy) is 3. The normalized spacial score (nSPS) is 12.5. The minimum Gasteiger partial charge on any atom is -0.481 e. The molecule has 1 amide bonds. The van der Waals surface area contributed by atoms with E-state index < -0.39 is 52.7 Å². The first kappa shape index (κ1) is 42.3. The van der Waals surface area contributed by atoms with Gasteiger partial charge >= 0.3 is 23.9 Å². The number of nitrogens with zero attached hydrogens (tertiary/aromatic N) is 1. The van der Waals surface area contributed by atoms with Crippen LogP contribution in [0.5, 0.6) is 0 Å². The lowest BCUT2D eigenvalue weighted by molar-refractivity contribution is -0.156. The van der Waals surface area contributed by atoms with Gasteiger partial charge in [0.15, 0.2) is 0 Å². The predicted octanol–water partition coefficient (Wildman–Crippen LogP) is 5.97. The molecule has 0 spiro atoms. The molecular weight excluding hydrogens is 608 g/mol. The van der Waals surface area contributed by atoms with Crippen LogP contribution in [0, 0.1) is 0 Å². The number of nitrogens with one attached hydrogen (secondary N) is 1. The number of carbonyl (C=O) groups is 5. The topological polar surface area (TPSA) is 178 Å². The second-order valence-electron chi connectivity index (χ2n) is 12.2. The molecule has 2 aromatic carbocycles. The van der Waals surface area contributed by atoms with Gasteiger partial charge in [-0.05, 0) is 72.4 Å². The lowest BCUT2D eigenvalue weighted by Crippen LogP contribution is -2.40. The number of carbonyl (C=O) groups excluding carboxylic acids is 4. The van der Waals surface area contributed by atoms with Crippen molar-refractivity contribution in [1.82, 2.24) is 5.32 Å². The van der Waals surface area contributed by atoms with Crippen LogP contribution in [0.15, 0.2) is 65.8 Å². The SMILES string of the molecule is C.CC(C)(C)OC(=O)CCC(C(=O)O)c1ccccc1.CCOC(=O)/C(=N\O)NC(=O)C(CCC(=O)OC(C)(C)C)c1ccccc1. The number of oxime groups is 1. The molecule has 0 fully saturated rings. The first-order valence-electron chi connectivity index (χ1n) is 14.9. The smallest absolute Gasteiger partial charge is 0.377 e. The molecule has 0 aliphatic carbocycles. The summed E-state index contributed by atoms with van der Waals surface area (Å²) in [4.78, 5) is 59.2. The average molecular weight is 659 g/mol. The number of carboxylic acid groups (broad SMARTS) is 1. The fraction of sp³-hybridized carbons (Fsp3) is 0.486. The second-order valence-corrected chi connectivity index (χ2v) is 12.2. The molecule has 2 unspecified atom stereocenters. The maximum absolute atomic E-state index is 12.7. The van der Waals surface area contributed by atoms with Gasteiger partial charge in [0.05, 0.1) is 18.4 Å². The molecule has 2 aromatic rings. The molecule has 0 aliphatic heterocycles. The molecule has 0 aromatic heterocycles. The highest BCUT2D eigenvalue weighted by Crippen LogP contribution is 2.24. The number of carboxylic acids is 1. The number of hydrogen-bond acceptors (Lipinski definition) is 10. The van der Waals surface area contributed by atoms with Crippen LogP contribution in [0.25, 0.3) is 0 Å². The lowest BCUT2D eigenvalue weighted by Gasteiger charge is -2.21. The maximum atomic E-state index is 12.7. The number of aliphatic carboxylic acids is 1. The molecular formula is C35H50N2O10. The van der Waals surface area contributed by atoms with Gasteiger partial charge < -0.3 is 29.8 Å². The number of benzene rings is 2. The summed E-state index contributed by atoms with van der Waals surface area (Å²) in [6, 6.07) is 17.7. The average Bonchev–Trinajstić information content (AvgIpc) is 2.95. The molecule has 47 heavy (non-hydrogen) atoms. The van der Waals surface area contributed by atoms with Gasteiger partial charge in [-0.2, -0.15) is 0 Å². The number of amidine groups is 1. The predicted molar refractivity (Wildman–Crippen MR) is 177 cm³/mol. The van der Waals surface area contributed by atoms with E-state index in [1.165, 1.54) is 0 Å². The Hall–Kier alpha value is -4.74. The molecule has 0 radical (unpaired) electrons. The summed E-state index contributed by atoms with van der Waals surface area (Å²) >= 11 is 0. The fourth-order valence-electron chi connectivity index (χ4n) is 4.08. The molecule has 12 heteroatoms.